The standard InChI is InChI=1S/C32H28O6/c1-35-25-10-5-19(6-11-25)22-13-21-14-27(30(36-2)16-29(21)37-17-22)32-26-12-9-24(34)15-31(26)38-18-28(32)20-3-7-23(33)8-4-20/h3-16,28,32-34H,17-18H2,1-2H3/t28-,32-/m1/s1. The van der Waals surface area contributed by atoms with Crippen molar-refractivity contribution in [1.82, 2.24) is 0 Å². The Balaban J connectivity index is 1.49. The third-order valence-corrected chi connectivity index (χ3v) is 7.35. The molecule has 2 heterocycles. The van der Waals surface area contributed by atoms with E-state index in [-0.39, 0.29) is 23.3 Å². The van der Waals surface area contributed by atoms with Crippen molar-refractivity contribution < 1.29 is 29.2 Å². The first-order valence-corrected chi connectivity index (χ1v) is 12.5. The van der Waals surface area contributed by atoms with Crippen molar-refractivity contribution in [3.8, 4) is 34.5 Å². The Labute approximate surface area is 221 Å². The van der Waals surface area contributed by atoms with Gasteiger partial charge >= 0.3 is 0 Å². The molecule has 0 fully saturated rings. The molecule has 0 amide bonds. The van der Waals surface area contributed by atoms with E-state index in [0.717, 1.165) is 50.6 Å². The fourth-order valence-electron chi connectivity index (χ4n) is 5.40. The van der Waals surface area contributed by atoms with E-state index in [1.165, 1.54) is 0 Å². The van der Waals surface area contributed by atoms with Gasteiger partial charge in [-0.1, -0.05) is 30.3 Å². The number of phenolic OH excluding ortho intramolecular Hbond substituents is 2. The first kappa shape index (κ1) is 23.8. The Morgan fingerprint density at radius 2 is 1.50 bits per heavy atom. The molecular formula is C32H28O6. The van der Waals surface area contributed by atoms with E-state index in [0.29, 0.717) is 19.0 Å². The Morgan fingerprint density at radius 3 is 2.24 bits per heavy atom. The Hall–Kier alpha value is -4.58. The summed E-state index contributed by atoms with van der Waals surface area (Å²) in [6, 6.07) is 24.5. The van der Waals surface area contributed by atoms with Crippen LogP contribution in [0.3, 0.4) is 0 Å². The molecular weight excluding hydrogens is 480 g/mol. The van der Waals surface area contributed by atoms with Gasteiger partial charge in [-0.15, -0.1) is 0 Å². The number of fused-ring (bicyclic) bond motifs is 2. The van der Waals surface area contributed by atoms with Crippen LogP contribution in [0.4, 0.5) is 0 Å². The highest BCUT2D eigenvalue weighted by Gasteiger charge is 2.36. The lowest BCUT2D eigenvalue weighted by molar-refractivity contribution is 0.246. The highest BCUT2D eigenvalue weighted by atomic mass is 16.5. The number of aromatic hydroxyl groups is 2. The third-order valence-electron chi connectivity index (χ3n) is 7.35. The zero-order valence-electron chi connectivity index (χ0n) is 21.2. The van der Waals surface area contributed by atoms with Crippen LogP contribution in [0.15, 0.2) is 78.9 Å². The molecule has 4 aromatic rings. The fourth-order valence-corrected chi connectivity index (χ4v) is 5.40. The lowest BCUT2D eigenvalue weighted by Gasteiger charge is -2.35. The fraction of sp³-hybridized carbons (Fsp3) is 0.188. The largest absolute Gasteiger partial charge is 0.508 e. The summed E-state index contributed by atoms with van der Waals surface area (Å²) < 4.78 is 23.5. The van der Waals surface area contributed by atoms with Gasteiger partial charge in [0, 0.05) is 40.7 Å². The molecule has 2 aliphatic rings. The Kier molecular flexibility index (Phi) is 6.08. The highest BCUT2D eigenvalue weighted by Crippen LogP contribution is 2.51. The van der Waals surface area contributed by atoms with Crippen molar-refractivity contribution in [3.63, 3.8) is 0 Å². The van der Waals surface area contributed by atoms with Crippen molar-refractivity contribution in [2.75, 3.05) is 27.4 Å². The van der Waals surface area contributed by atoms with Gasteiger partial charge < -0.3 is 29.2 Å². The molecule has 0 bridgehead atoms. The Bertz CT molecular complexity index is 1500. The van der Waals surface area contributed by atoms with E-state index in [1.54, 1.807) is 38.5 Å². The van der Waals surface area contributed by atoms with Crippen molar-refractivity contribution in [2.24, 2.45) is 0 Å². The van der Waals surface area contributed by atoms with Gasteiger partial charge in [-0.3, -0.25) is 0 Å². The molecule has 192 valence electrons. The van der Waals surface area contributed by atoms with E-state index in [4.69, 9.17) is 18.9 Å². The normalized spacial score (nSPS) is 17.8. The van der Waals surface area contributed by atoms with Crippen LogP contribution in [0.25, 0.3) is 11.6 Å². The number of ether oxygens (including phenoxy) is 4. The predicted octanol–water partition coefficient (Wildman–Crippen LogP) is 6.36. The van der Waals surface area contributed by atoms with Gasteiger partial charge in [0.1, 0.15) is 41.1 Å². The molecule has 0 aliphatic carbocycles. The van der Waals surface area contributed by atoms with Crippen molar-refractivity contribution in [1.29, 1.82) is 0 Å². The summed E-state index contributed by atoms with van der Waals surface area (Å²) >= 11 is 0. The predicted molar refractivity (Wildman–Crippen MR) is 146 cm³/mol. The van der Waals surface area contributed by atoms with Crippen LogP contribution < -0.4 is 18.9 Å². The second-order valence-corrected chi connectivity index (χ2v) is 9.53. The molecule has 0 aromatic heterocycles. The van der Waals surface area contributed by atoms with E-state index in [9.17, 15) is 10.2 Å². The third kappa shape index (κ3) is 4.28. The Morgan fingerprint density at radius 1 is 0.737 bits per heavy atom. The number of methoxy groups -OCH3 is 2. The van der Waals surface area contributed by atoms with Crippen LogP contribution in [-0.2, 0) is 0 Å². The van der Waals surface area contributed by atoms with Crippen LogP contribution in [-0.4, -0.2) is 37.6 Å². The first-order valence-electron chi connectivity index (χ1n) is 12.5. The summed E-state index contributed by atoms with van der Waals surface area (Å²) in [7, 11) is 3.32. The second-order valence-electron chi connectivity index (χ2n) is 9.53. The first-order chi connectivity index (χ1) is 18.5. The molecule has 0 spiro atoms. The molecule has 2 atom stereocenters. The summed E-state index contributed by atoms with van der Waals surface area (Å²) in [5.74, 6) is 3.15. The molecule has 2 aliphatic heterocycles. The summed E-state index contributed by atoms with van der Waals surface area (Å²) in [5, 5.41) is 20.0. The lowest BCUT2D eigenvalue weighted by Crippen LogP contribution is -2.26. The van der Waals surface area contributed by atoms with Gasteiger partial charge in [-0.05, 0) is 59.2 Å². The van der Waals surface area contributed by atoms with Gasteiger partial charge in [0.15, 0.2) is 0 Å². The van der Waals surface area contributed by atoms with Crippen LogP contribution in [0.5, 0.6) is 34.5 Å². The number of hydrogen-bond donors (Lipinski definition) is 2. The van der Waals surface area contributed by atoms with Gasteiger partial charge in [0.25, 0.3) is 0 Å². The number of hydrogen-bond acceptors (Lipinski definition) is 6. The van der Waals surface area contributed by atoms with Gasteiger partial charge in [0.05, 0.1) is 20.8 Å². The summed E-state index contributed by atoms with van der Waals surface area (Å²) in [4.78, 5) is 0. The molecule has 38 heavy (non-hydrogen) atoms. The lowest BCUT2D eigenvalue weighted by atomic mass is 9.75. The smallest absolute Gasteiger partial charge is 0.130 e. The molecule has 0 saturated heterocycles. The van der Waals surface area contributed by atoms with Crippen molar-refractivity contribution in [3.05, 3.63) is 107 Å². The molecule has 2 N–H and O–H groups in total. The SMILES string of the molecule is COc1ccc(C2=Cc3cc([C@H]4c5ccc(O)cc5OC[C@@H]4c4ccc(O)cc4)c(OC)cc3OC2)cc1. The molecule has 6 nitrogen and oxygen atoms in total. The molecule has 0 saturated carbocycles. The van der Waals surface area contributed by atoms with E-state index < -0.39 is 0 Å². The molecule has 0 unspecified atom stereocenters. The minimum atomic E-state index is -0.121. The zero-order chi connectivity index (χ0) is 26.2. The van der Waals surface area contributed by atoms with Gasteiger partial charge in [-0.2, -0.15) is 0 Å². The summed E-state index contributed by atoms with van der Waals surface area (Å²) in [6.07, 6.45) is 2.16. The summed E-state index contributed by atoms with van der Waals surface area (Å²) in [6.45, 7) is 0.868. The maximum Gasteiger partial charge on any atom is 0.130 e. The average Bonchev–Trinajstić information content (AvgIpc) is 2.96. The maximum atomic E-state index is 10.1. The highest BCUT2D eigenvalue weighted by molar-refractivity contribution is 5.86. The molecule has 6 rings (SSSR count). The molecule has 6 heteroatoms. The molecule has 4 aromatic carbocycles. The van der Waals surface area contributed by atoms with Crippen LogP contribution >= 0.6 is 0 Å². The monoisotopic (exact) mass is 508 g/mol. The van der Waals surface area contributed by atoms with Crippen LogP contribution in [0.2, 0.25) is 0 Å². The van der Waals surface area contributed by atoms with Crippen LogP contribution in [0, 0.1) is 0 Å². The van der Waals surface area contributed by atoms with E-state index >= 15 is 0 Å². The summed E-state index contributed by atoms with van der Waals surface area (Å²) in [5.41, 5.74) is 6.11. The van der Waals surface area contributed by atoms with Crippen LogP contribution in [0.1, 0.15) is 39.7 Å². The maximum absolute atomic E-state index is 10.1. The number of phenols is 2. The number of benzene rings is 4. The van der Waals surface area contributed by atoms with E-state index in [1.807, 2.05) is 48.5 Å². The van der Waals surface area contributed by atoms with Gasteiger partial charge in [-0.25, -0.2) is 0 Å². The minimum absolute atomic E-state index is 0.0471. The van der Waals surface area contributed by atoms with Gasteiger partial charge in [0.2, 0.25) is 0 Å². The van der Waals surface area contributed by atoms with Crippen molar-refractivity contribution in [2.45, 2.75) is 11.8 Å². The van der Waals surface area contributed by atoms with E-state index in [2.05, 4.69) is 12.1 Å². The number of rotatable bonds is 5. The zero-order valence-corrected chi connectivity index (χ0v) is 21.2. The molecule has 0 radical (unpaired) electrons. The topological polar surface area (TPSA) is 77.4 Å². The average molecular weight is 509 g/mol. The minimum Gasteiger partial charge on any atom is -0.508 e. The quantitative estimate of drug-likeness (QED) is 0.327. The van der Waals surface area contributed by atoms with Crippen molar-refractivity contribution >= 4 is 11.6 Å². The second kappa shape index (κ2) is 9.71.